The number of amides is 2. The van der Waals surface area contributed by atoms with E-state index in [0.29, 0.717) is 13.0 Å². The zero-order valence-electron chi connectivity index (χ0n) is 13.1. The van der Waals surface area contributed by atoms with Crippen molar-refractivity contribution < 1.29 is 14.7 Å². The maximum atomic E-state index is 12.5. The summed E-state index contributed by atoms with van der Waals surface area (Å²) >= 11 is 0. The Balaban J connectivity index is 2.80. The van der Waals surface area contributed by atoms with Crippen molar-refractivity contribution in [2.75, 3.05) is 11.4 Å². The Morgan fingerprint density at radius 2 is 1.90 bits per heavy atom. The highest BCUT2D eigenvalue weighted by atomic mass is 16.4. The molecule has 0 atom stereocenters. The lowest BCUT2D eigenvalue weighted by molar-refractivity contribution is -0.137. The van der Waals surface area contributed by atoms with Crippen molar-refractivity contribution in [3.05, 3.63) is 29.8 Å². The highest BCUT2D eigenvalue weighted by Crippen LogP contribution is 2.20. The van der Waals surface area contributed by atoms with E-state index in [2.05, 4.69) is 5.32 Å². The van der Waals surface area contributed by atoms with Gasteiger partial charge in [-0.25, -0.2) is 4.79 Å². The molecule has 0 fully saturated rings. The normalized spacial score (nSPS) is 11.0. The summed E-state index contributed by atoms with van der Waals surface area (Å²) in [7, 11) is 0. The van der Waals surface area contributed by atoms with Crippen LogP contribution in [0.4, 0.5) is 10.5 Å². The van der Waals surface area contributed by atoms with E-state index in [4.69, 9.17) is 5.11 Å². The van der Waals surface area contributed by atoms with Crippen molar-refractivity contribution in [1.29, 1.82) is 0 Å². The first-order valence-corrected chi connectivity index (χ1v) is 7.14. The van der Waals surface area contributed by atoms with Gasteiger partial charge < -0.3 is 10.4 Å². The quantitative estimate of drug-likeness (QED) is 0.846. The van der Waals surface area contributed by atoms with Crippen LogP contribution in [0.3, 0.4) is 0 Å². The predicted molar refractivity (Wildman–Crippen MR) is 83.7 cm³/mol. The minimum Gasteiger partial charge on any atom is -0.481 e. The standard InChI is InChI=1S/C16H24N2O3/c1-5-18(13-9-7-6-8-12(13)2)15(21)17-16(3,4)11-10-14(19)20/h6-9H,5,10-11H2,1-4H3,(H,17,21)(H,19,20). The predicted octanol–water partition coefficient (Wildman–Crippen LogP) is 3.17. The second-order valence-electron chi connectivity index (χ2n) is 5.74. The molecule has 1 rings (SSSR count). The Morgan fingerprint density at radius 3 is 2.43 bits per heavy atom. The van der Waals surface area contributed by atoms with Crippen molar-refractivity contribution in [1.82, 2.24) is 5.32 Å². The molecule has 2 amide bonds. The molecule has 0 unspecified atom stereocenters. The fourth-order valence-electron chi connectivity index (χ4n) is 2.13. The van der Waals surface area contributed by atoms with Gasteiger partial charge >= 0.3 is 12.0 Å². The maximum absolute atomic E-state index is 12.5. The highest BCUT2D eigenvalue weighted by Gasteiger charge is 2.25. The third kappa shape index (κ3) is 5.10. The summed E-state index contributed by atoms with van der Waals surface area (Å²) in [6.45, 7) is 8.09. The minimum atomic E-state index is -0.858. The first kappa shape index (κ1) is 17.0. The van der Waals surface area contributed by atoms with E-state index in [-0.39, 0.29) is 12.5 Å². The summed E-state index contributed by atoms with van der Waals surface area (Å²) < 4.78 is 0. The lowest BCUT2D eigenvalue weighted by atomic mass is 9.98. The van der Waals surface area contributed by atoms with E-state index >= 15 is 0 Å². The van der Waals surface area contributed by atoms with E-state index < -0.39 is 11.5 Å². The van der Waals surface area contributed by atoms with Gasteiger partial charge in [0.1, 0.15) is 0 Å². The molecule has 0 saturated heterocycles. The first-order valence-electron chi connectivity index (χ1n) is 7.14. The van der Waals surface area contributed by atoms with E-state index in [1.54, 1.807) is 4.90 Å². The molecular weight excluding hydrogens is 268 g/mol. The molecule has 0 aliphatic rings. The van der Waals surface area contributed by atoms with Crippen LogP contribution in [0, 0.1) is 6.92 Å². The number of nitrogens with zero attached hydrogens (tertiary/aromatic N) is 1. The fraction of sp³-hybridized carbons (Fsp3) is 0.500. The monoisotopic (exact) mass is 292 g/mol. The molecular formula is C16H24N2O3. The number of carboxylic acid groups (broad SMARTS) is 1. The van der Waals surface area contributed by atoms with Crippen LogP contribution in [0.2, 0.25) is 0 Å². The summed E-state index contributed by atoms with van der Waals surface area (Å²) in [5.74, 6) is -0.858. The molecule has 0 spiro atoms. The molecule has 5 nitrogen and oxygen atoms in total. The van der Waals surface area contributed by atoms with Crippen LogP contribution in [0.15, 0.2) is 24.3 Å². The van der Waals surface area contributed by atoms with Gasteiger partial charge in [-0.05, 0) is 45.7 Å². The largest absolute Gasteiger partial charge is 0.481 e. The highest BCUT2D eigenvalue weighted by molar-refractivity contribution is 5.93. The number of aliphatic carboxylic acids is 1. The molecule has 1 aromatic carbocycles. The second kappa shape index (κ2) is 7.11. The third-order valence-electron chi connectivity index (χ3n) is 3.38. The van der Waals surface area contributed by atoms with E-state index in [1.165, 1.54) is 0 Å². The van der Waals surface area contributed by atoms with Gasteiger partial charge in [-0.3, -0.25) is 9.69 Å². The minimum absolute atomic E-state index is 0.0315. The number of nitrogens with one attached hydrogen (secondary N) is 1. The van der Waals surface area contributed by atoms with Crippen LogP contribution >= 0.6 is 0 Å². The van der Waals surface area contributed by atoms with E-state index in [1.807, 2.05) is 52.0 Å². The molecule has 116 valence electrons. The van der Waals surface area contributed by atoms with Crippen LogP contribution in [0.5, 0.6) is 0 Å². The Bertz CT molecular complexity index is 512. The molecule has 0 aliphatic carbocycles. The van der Waals surface area contributed by atoms with Crippen LogP contribution in [-0.2, 0) is 4.79 Å². The number of carbonyl (C=O) groups excluding carboxylic acids is 1. The summed E-state index contributed by atoms with van der Waals surface area (Å²) in [6.07, 6.45) is 0.420. The average molecular weight is 292 g/mol. The molecule has 0 aliphatic heterocycles. The summed E-state index contributed by atoms with van der Waals surface area (Å²) in [5.41, 5.74) is 1.33. The molecule has 0 bridgehead atoms. The number of anilines is 1. The number of hydrogen-bond donors (Lipinski definition) is 2. The molecule has 0 radical (unpaired) electrons. The van der Waals surface area contributed by atoms with Gasteiger partial charge in [0.25, 0.3) is 0 Å². The smallest absolute Gasteiger partial charge is 0.322 e. The van der Waals surface area contributed by atoms with Crippen LogP contribution in [0.25, 0.3) is 0 Å². The van der Waals surface area contributed by atoms with Crippen molar-refractivity contribution in [2.24, 2.45) is 0 Å². The van der Waals surface area contributed by atoms with Crippen molar-refractivity contribution in [3.8, 4) is 0 Å². The summed E-state index contributed by atoms with van der Waals surface area (Å²) in [4.78, 5) is 24.8. The van der Waals surface area contributed by atoms with Gasteiger partial charge in [-0.15, -0.1) is 0 Å². The first-order chi connectivity index (χ1) is 9.76. The lowest BCUT2D eigenvalue weighted by Gasteiger charge is -2.31. The number of carboxylic acids is 1. The number of benzene rings is 1. The van der Waals surface area contributed by atoms with Crippen molar-refractivity contribution >= 4 is 17.7 Å². The number of rotatable bonds is 6. The number of aryl methyl sites for hydroxylation is 1. The van der Waals surface area contributed by atoms with Gasteiger partial charge in [-0.1, -0.05) is 18.2 Å². The number of hydrogen-bond acceptors (Lipinski definition) is 2. The maximum Gasteiger partial charge on any atom is 0.322 e. The Hall–Kier alpha value is -2.04. The van der Waals surface area contributed by atoms with Crippen molar-refractivity contribution in [2.45, 2.75) is 46.1 Å². The zero-order valence-corrected chi connectivity index (χ0v) is 13.1. The lowest BCUT2D eigenvalue weighted by Crippen LogP contribution is -2.50. The molecule has 0 saturated carbocycles. The third-order valence-corrected chi connectivity index (χ3v) is 3.38. The Kier molecular flexibility index (Phi) is 5.76. The zero-order chi connectivity index (χ0) is 16.0. The Labute approximate surface area is 126 Å². The molecule has 1 aromatic rings. The topological polar surface area (TPSA) is 69.6 Å². The van der Waals surface area contributed by atoms with E-state index in [9.17, 15) is 9.59 Å². The van der Waals surface area contributed by atoms with Crippen LogP contribution in [0.1, 0.15) is 39.2 Å². The van der Waals surface area contributed by atoms with Crippen LogP contribution in [-0.4, -0.2) is 29.2 Å². The molecule has 21 heavy (non-hydrogen) atoms. The fourth-order valence-corrected chi connectivity index (χ4v) is 2.13. The van der Waals surface area contributed by atoms with Gasteiger partial charge in [-0.2, -0.15) is 0 Å². The van der Waals surface area contributed by atoms with Crippen molar-refractivity contribution in [3.63, 3.8) is 0 Å². The molecule has 0 aromatic heterocycles. The Morgan fingerprint density at radius 1 is 1.29 bits per heavy atom. The summed E-state index contributed by atoms with van der Waals surface area (Å²) in [6, 6.07) is 7.49. The molecule has 5 heteroatoms. The van der Waals surface area contributed by atoms with E-state index in [0.717, 1.165) is 11.3 Å². The SMILES string of the molecule is CCN(C(=O)NC(C)(C)CCC(=O)O)c1ccccc1C. The van der Waals surface area contributed by atoms with Gasteiger partial charge in [0.15, 0.2) is 0 Å². The number of carbonyl (C=O) groups is 2. The van der Waals surface area contributed by atoms with Gasteiger partial charge in [0, 0.05) is 24.2 Å². The molecule has 2 N–H and O–H groups in total. The van der Waals surface area contributed by atoms with Gasteiger partial charge in [0.05, 0.1) is 0 Å². The second-order valence-corrected chi connectivity index (χ2v) is 5.74. The number of para-hydroxylation sites is 1. The van der Waals surface area contributed by atoms with Gasteiger partial charge in [0.2, 0.25) is 0 Å². The van der Waals surface area contributed by atoms with Crippen LogP contribution < -0.4 is 10.2 Å². The summed E-state index contributed by atoms with van der Waals surface area (Å²) in [5, 5.41) is 11.7. The number of urea groups is 1. The average Bonchev–Trinajstić information content (AvgIpc) is 2.39. The molecule has 0 heterocycles.